The summed E-state index contributed by atoms with van der Waals surface area (Å²) in [4.78, 5) is 26.4. The van der Waals surface area contributed by atoms with Crippen LogP contribution in [-0.4, -0.2) is 28.1 Å². The minimum absolute atomic E-state index is 0.0430. The Kier molecular flexibility index (Phi) is 4.33. The number of aliphatic carboxylic acids is 1. The van der Waals surface area contributed by atoms with E-state index in [0.717, 1.165) is 12.0 Å². The SMILES string of the molecule is O=C(NCc1ccncc1)NC1CCC(C(=O)O)C1. The van der Waals surface area contributed by atoms with Crippen LogP contribution in [0.1, 0.15) is 24.8 Å². The maximum atomic E-state index is 11.7. The van der Waals surface area contributed by atoms with Crippen LogP contribution in [0.5, 0.6) is 0 Å². The van der Waals surface area contributed by atoms with Crippen molar-refractivity contribution >= 4 is 12.0 Å². The summed E-state index contributed by atoms with van der Waals surface area (Å²) in [5.74, 6) is -1.10. The van der Waals surface area contributed by atoms with E-state index in [4.69, 9.17) is 5.11 Å². The van der Waals surface area contributed by atoms with Crippen LogP contribution in [0.25, 0.3) is 0 Å². The monoisotopic (exact) mass is 263 g/mol. The molecule has 6 heteroatoms. The number of amides is 2. The van der Waals surface area contributed by atoms with Crippen LogP contribution in [0, 0.1) is 5.92 Å². The molecule has 1 aromatic heterocycles. The van der Waals surface area contributed by atoms with Crippen molar-refractivity contribution in [2.45, 2.75) is 31.8 Å². The summed E-state index contributed by atoms with van der Waals surface area (Å²) in [6.45, 7) is 0.434. The number of carbonyl (C=O) groups excluding carboxylic acids is 1. The molecule has 1 aromatic rings. The van der Waals surface area contributed by atoms with E-state index in [9.17, 15) is 9.59 Å². The fraction of sp³-hybridized carbons (Fsp3) is 0.462. The topological polar surface area (TPSA) is 91.3 Å². The Morgan fingerprint density at radius 1 is 1.32 bits per heavy atom. The molecular weight excluding hydrogens is 246 g/mol. The predicted molar refractivity (Wildman–Crippen MR) is 68.4 cm³/mol. The Morgan fingerprint density at radius 3 is 2.68 bits per heavy atom. The van der Waals surface area contributed by atoms with Crippen LogP contribution in [0.2, 0.25) is 0 Å². The number of rotatable bonds is 4. The van der Waals surface area contributed by atoms with E-state index >= 15 is 0 Å². The third-order valence-corrected chi connectivity index (χ3v) is 3.32. The van der Waals surface area contributed by atoms with Gasteiger partial charge in [-0.1, -0.05) is 0 Å². The molecule has 2 unspecified atom stereocenters. The van der Waals surface area contributed by atoms with Gasteiger partial charge >= 0.3 is 12.0 Å². The molecule has 6 nitrogen and oxygen atoms in total. The van der Waals surface area contributed by atoms with Crippen LogP contribution < -0.4 is 10.6 Å². The van der Waals surface area contributed by atoms with Gasteiger partial charge in [0, 0.05) is 25.0 Å². The number of pyridine rings is 1. The fourth-order valence-electron chi connectivity index (χ4n) is 2.26. The summed E-state index contributed by atoms with van der Waals surface area (Å²) in [6, 6.07) is 3.36. The van der Waals surface area contributed by atoms with Crippen LogP contribution in [-0.2, 0) is 11.3 Å². The standard InChI is InChI=1S/C13H17N3O3/c17-12(18)10-1-2-11(7-10)16-13(19)15-8-9-3-5-14-6-4-9/h3-6,10-11H,1-2,7-8H2,(H,17,18)(H2,15,16,19). The summed E-state index contributed by atoms with van der Waals surface area (Å²) >= 11 is 0. The Hall–Kier alpha value is -2.11. The number of carbonyl (C=O) groups is 2. The van der Waals surface area contributed by atoms with E-state index in [0.29, 0.717) is 19.4 Å². The fourth-order valence-corrected chi connectivity index (χ4v) is 2.26. The van der Waals surface area contributed by atoms with Crippen LogP contribution >= 0.6 is 0 Å². The number of carboxylic acid groups (broad SMARTS) is 1. The average molecular weight is 263 g/mol. The van der Waals surface area contributed by atoms with E-state index < -0.39 is 5.97 Å². The summed E-state index contributed by atoms with van der Waals surface area (Å²) < 4.78 is 0. The molecule has 0 spiro atoms. The van der Waals surface area contributed by atoms with E-state index in [1.54, 1.807) is 12.4 Å². The second-order valence-electron chi connectivity index (χ2n) is 4.73. The third-order valence-electron chi connectivity index (χ3n) is 3.32. The number of nitrogens with zero attached hydrogens (tertiary/aromatic N) is 1. The number of aromatic nitrogens is 1. The van der Waals surface area contributed by atoms with Gasteiger partial charge in [-0.3, -0.25) is 9.78 Å². The molecule has 0 aromatic carbocycles. The molecule has 1 saturated carbocycles. The summed E-state index contributed by atoms with van der Waals surface area (Å²) in [5, 5.41) is 14.4. The molecule has 1 heterocycles. The molecule has 3 N–H and O–H groups in total. The summed E-state index contributed by atoms with van der Waals surface area (Å²) in [5.41, 5.74) is 0.972. The van der Waals surface area contributed by atoms with Crippen LogP contribution in [0.4, 0.5) is 4.79 Å². The molecule has 0 radical (unpaired) electrons. The number of hydrogen-bond acceptors (Lipinski definition) is 3. The van der Waals surface area contributed by atoms with Gasteiger partial charge in [0.15, 0.2) is 0 Å². The predicted octanol–water partition coefficient (Wildman–Crippen LogP) is 1.13. The van der Waals surface area contributed by atoms with E-state index in [1.807, 2.05) is 12.1 Å². The van der Waals surface area contributed by atoms with Crippen LogP contribution in [0.3, 0.4) is 0 Å². The molecule has 0 saturated heterocycles. The third kappa shape index (κ3) is 3.94. The Labute approximate surface area is 111 Å². The van der Waals surface area contributed by atoms with Crippen molar-refractivity contribution < 1.29 is 14.7 Å². The van der Waals surface area contributed by atoms with Gasteiger partial charge in [-0.15, -0.1) is 0 Å². The Balaban J connectivity index is 1.72. The maximum absolute atomic E-state index is 11.7. The van der Waals surface area contributed by atoms with Crippen molar-refractivity contribution in [3.05, 3.63) is 30.1 Å². The molecule has 19 heavy (non-hydrogen) atoms. The minimum atomic E-state index is -0.776. The quantitative estimate of drug-likeness (QED) is 0.759. The molecule has 2 amide bonds. The molecule has 1 fully saturated rings. The highest BCUT2D eigenvalue weighted by Crippen LogP contribution is 2.25. The highest BCUT2D eigenvalue weighted by molar-refractivity contribution is 5.75. The van der Waals surface area contributed by atoms with E-state index in [1.165, 1.54) is 0 Å². The molecular formula is C13H17N3O3. The first-order valence-corrected chi connectivity index (χ1v) is 6.31. The maximum Gasteiger partial charge on any atom is 0.315 e. The van der Waals surface area contributed by atoms with Crippen molar-refractivity contribution in [3.63, 3.8) is 0 Å². The van der Waals surface area contributed by atoms with E-state index in [-0.39, 0.29) is 18.0 Å². The van der Waals surface area contributed by atoms with Gasteiger partial charge in [0.05, 0.1) is 5.92 Å². The molecule has 1 aliphatic carbocycles. The Morgan fingerprint density at radius 2 is 2.05 bits per heavy atom. The van der Waals surface area contributed by atoms with Crippen molar-refractivity contribution in [3.8, 4) is 0 Å². The Bertz CT molecular complexity index is 450. The van der Waals surface area contributed by atoms with Gasteiger partial charge in [-0.2, -0.15) is 0 Å². The zero-order valence-corrected chi connectivity index (χ0v) is 10.5. The highest BCUT2D eigenvalue weighted by Gasteiger charge is 2.30. The molecule has 0 bridgehead atoms. The van der Waals surface area contributed by atoms with Gasteiger partial charge in [-0.05, 0) is 37.0 Å². The number of hydrogen-bond donors (Lipinski definition) is 3. The smallest absolute Gasteiger partial charge is 0.315 e. The number of nitrogens with one attached hydrogen (secondary N) is 2. The zero-order chi connectivity index (χ0) is 13.7. The second-order valence-corrected chi connectivity index (χ2v) is 4.73. The largest absolute Gasteiger partial charge is 0.481 e. The lowest BCUT2D eigenvalue weighted by Crippen LogP contribution is -2.40. The molecule has 1 aliphatic rings. The molecule has 2 atom stereocenters. The lowest BCUT2D eigenvalue weighted by molar-refractivity contribution is -0.141. The van der Waals surface area contributed by atoms with E-state index in [2.05, 4.69) is 15.6 Å². The first kappa shape index (κ1) is 13.3. The van der Waals surface area contributed by atoms with Crippen molar-refractivity contribution in [1.29, 1.82) is 0 Å². The number of carboxylic acids is 1. The van der Waals surface area contributed by atoms with Crippen molar-refractivity contribution in [1.82, 2.24) is 15.6 Å². The summed E-state index contributed by atoms with van der Waals surface area (Å²) in [6.07, 6.45) is 5.20. The highest BCUT2D eigenvalue weighted by atomic mass is 16.4. The van der Waals surface area contributed by atoms with Gasteiger partial charge in [0.25, 0.3) is 0 Å². The average Bonchev–Trinajstić information content (AvgIpc) is 2.86. The van der Waals surface area contributed by atoms with Crippen molar-refractivity contribution in [2.75, 3.05) is 0 Å². The molecule has 0 aliphatic heterocycles. The lowest BCUT2D eigenvalue weighted by Gasteiger charge is -2.13. The molecule has 102 valence electrons. The van der Waals surface area contributed by atoms with Crippen LogP contribution in [0.15, 0.2) is 24.5 Å². The normalized spacial score (nSPS) is 21.9. The van der Waals surface area contributed by atoms with Gasteiger partial charge < -0.3 is 15.7 Å². The minimum Gasteiger partial charge on any atom is -0.481 e. The lowest BCUT2D eigenvalue weighted by atomic mass is 10.1. The number of urea groups is 1. The zero-order valence-electron chi connectivity index (χ0n) is 10.5. The van der Waals surface area contributed by atoms with Gasteiger partial charge in [0.1, 0.15) is 0 Å². The first-order chi connectivity index (χ1) is 9.15. The first-order valence-electron chi connectivity index (χ1n) is 6.31. The summed E-state index contributed by atoms with van der Waals surface area (Å²) in [7, 11) is 0. The second kappa shape index (κ2) is 6.17. The van der Waals surface area contributed by atoms with Gasteiger partial charge in [-0.25, -0.2) is 4.79 Å². The van der Waals surface area contributed by atoms with Crippen molar-refractivity contribution in [2.24, 2.45) is 5.92 Å². The van der Waals surface area contributed by atoms with Gasteiger partial charge in [0.2, 0.25) is 0 Å². The molecule has 2 rings (SSSR count).